The summed E-state index contributed by atoms with van der Waals surface area (Å²) in [6.45, 7) is 2.58. The Balaban J connectivity index is 0. The van der Waals surface area contributed by atoms with Crippen molar-refractivity contribution in [1.82, 2.24) is 0 Å². The number of likely N-dealkylation sites (N-methyl/N-ethyl adjacent to an activating group) is 1. The van der Waals surface area contributed by atoms with Crippen LogP contribution in [0.5, 0.6) is 0 Å². The first-order valence-corrected chi connectivity index (χ1v) is 7.81. The Hall–Kier alpha value is -0.500. The van der Waals surface area contributed by atoms with E-state index in [0.29, 0.717) is 17.4 Å². The molecule has 0 radical (unpaired) electrons. The number of phosphoric ester groups is 1. The molecule has 0 aliphatic rings. The van der Waals surface area contributed by atoms with Gasteiger partial charge in [-0.2, -0.15) is 0 Å². The number of nitrogens with zero attached hydrogens (tertiary/aromatic N) is 1. The summed E-state index contributed by atoms with van der Waals surface area (Å²) in [6.07, 6.45) is 0.656. The van der Waals surface area contributed by atoms with Crippen LogP contribution in [-0.2, 0) is 13.9 Å². The van der Waals surface area contributed by atoms with Crippen LogP contribution in [0.3, 0.4) is 0 Å². The Kier molecular flexibility index (Phi) is 11.2. The summed E-state index contributed by atoms with van der Waals surface area (Å²) in [5.74, 6) is -1.37. The van der Waals surface area contributed by atoms with Crippen LogP contribution in [-0.4, -0.2) is 65.7 Å². The lowest BCUT2D eigenvalue weighted by molar-refractivity contribution is -0.870. The quantitative estimate of drug-likeness (QED) is 0.391. The molecule has 1 unspecified atom stereocenters. The summed E-state index contributed by atoms with van der Waals surface area (Å²) in [5, 5.41) is 18.4. The molecule has 122 valence electrons. The molecular weight excluding hydrogens is 289 g/mol. The van der Waals surface area contributed by atoms with Crippen LogP contribution in [0.25, 0.3) is 0 Å². The number of carboxylic acids is 1. The van der Waals surface area contributed by atoms with E-state index in [-0.39, 0.29) is 6.61 Å². The molecule has 0 aromatic heterocycles. The molecule has 8 nitrogen and oxygen atoms in total. The molecule has 20 heavy (non-hydrogen) atoms. The van der Waals surface area contributed by atoms with Gasteiger partial charge in [0, 0.05) is 0 Å². The zero-order valence-corrected chi connectivity index (χ0v) is 13.4. The third-order valence-corrected chi connectivity index (χ3v) is 2.64. The first-order valence-electron chi connectivity index (χ1n) is 6.28. The van der Waals surface area contributed by atoms with Gasteiger partial charge in [-0.25, -0.2) is 4.57 Å². The molecule has 3 N–H and O–H groups in total. The van der Waals surface area contributed by atoms with Crippen LogP contribution >= 0.6 is 7.82 Å². The number of aliphatic carboxylic acids is 1. The van der Waals surface area contributed by atoms with E-state index in [0.717, 1.165) is 12.8 Å². The van der Waals surface area contributed by atoms with Gasteiger partial charge in [0.15, 0.2) is 0 Å². The smallest absolute Gasteiger partial charge is 0.469 e. The van der Waals surface area contributed by atoms with Gasteiger partial charge in [0.1, 0.15) is 13.2 Å². The second-order valence-electron chi connectivity index (χ2n) is 5.31. The summed E-state index contributed by atoms with van der Waals surface area (Å²) in [5.41, 5.74) is 0. The normalized spacial score (nSPS) is 13.3. The SMILES string of the molecule is CCCCC(O)C(=O)[O-].C[N+](C)(C)CCOP(=O)(O)O. The van der Waals surface area contributed by atoms with E-state index in [1.165, 1.54) is 0 Å². The molecule has 0 saturated carbocycles. The largest absolute Gasteiger partial charge is 0.547 e. The maximum Gasteiger partial charge on any atom is 0.469 e. The van der Waals surface area contributed by atoms with Crippen LogP contribution in [0.4, 0.5) is 0 Å². The van der Waals surface area contributed by atoms with Gasteiger partial charge in [-0.05, 0) is 6.42 Å². The number of aliphatic hydroxyl groups excluding tert-OH is 1. The summed E-state index contributed by atoms with van der Waals surface area (Å²) in [4.78, 5) is 26.4. The van der Waals surface area contributed by atoms with Gasteiger partial charge in [-0.15, -0.1) is 0 Å². The van der Waals surface area contributed by atoms with Crippen molar-refractivity contribution in [2.45, 2.75) is 32.3 Å². The minimum Gasteiger partial charge on any atom is -0.547 e. The van der Waals surface area contributed by atoms with Gasteiger partial charge in [-0.1, -0.05) is 19.8 Å². The van der Waals surface area contributed by atoms with Crippen molar-refractivity contribution in [1.29, 1.82) is 0 Å². The molecule has 9 heteroatoms. The number of phosphoric acid groups is 1. The Labute approximate surface area is 119 Å². The Morgan fingerprint density at radius 2 is 1.85 bits per heavy atom. The highest BCUT2D eigenvalue weighted by atomic mass is 31.2. The van der Waals surface area contributed by atoms with Gasteiger partial charge in [-0.3, -0.25) is 4.52 Å². The zero-order valence-electron chi connectivity index (χ0n) is 12.5. The fourth-order valence-electron chi connectivity index (χ4n) is 0.949. The van der Waals surface area contributed by atoms with Gasteiger partial charge < -0.3 is 29.3 Å². The maximum atomic E-state index is 10.2. The van der Waals surface area contributed by atoms with E-state index in [1.54, 1.807) is 0 Å². The highest BCUT2D eigenvalue weighted by Crippen LogP contribution is 2.35. The molecule has 1 atom stereocenters. The number of hydrogen-bond donors (Lipinski definition) is 3. The number of quaternary nitrogens is 1. The number of aliphatic hydroxyl groups is 1. The second kappa shape index (κ2) is 10.3. The van der Waals surface area contributed by atoms with Crippen LogP contribution in [0, 0.1) is 0 Å². The van der Waals surface area contributed by atoms with Crippen LogP contribution < -0.4 is 5.11 Å². The first-order chi connectivity index (χ1) is 8.89. The highest BCUT2D eigenvalue weighted by molar-refractivity contribution is 7.46. The van der Waals surface area contributed by atoms with E-state index in [1.807, 2.05) is 28.1 Å². The number of hydrogen-bond acceptors (Lipinski definition) is 5. The minimum atomic E-state index is -4.26. The van der Waals surface area contributed by atoms with Gasteiger partial charge in [0.2, 0.25) is 0 Å². The van der Waals surface area contributed by atoms with E-state index < -0.39 is 19.9 Å². The molecule has 0 saturated heterocycles. The molecule has 0 fully saturated rings. The van der Waals surface area contributed by atoms with Crippen LogP contribution in [0.15, 0.2) is 0 Å². The fourth-order valence-corrected chi connectivity index (χ4v) is 1.27. The number of carbonyl (C=O) groups is 1. The van der Waals surface area contributed by atoms with Gasteiger partial charge in [0.05, 0.1) is 33.2 Å². The molecule has 0 heterocycles. The van der Waals surface area contributed by atoms with Crippen molar-refractivity contribution in [2.24, 2.45) is 0 Å². The van der Waals surface area contributed by atoms with Crippen molar-refractivity contribution >= 4 is 13.8 Å². The van der Waals surface area contributed by atoms with Crippen molar-refractivity contribution in [3.63, 3.8) is 0 Å². The van der Waals surface area contributed by atoms with Crippen molar-refractivity contribution in [2.75, 3.05) is 34.3 Å². The molecule has 0 bridgehead atoms. The first kappa shape index (κ1) is 21.8. The lowest BCUT2D eigenvalue weighted by Crippen LogP contribution is -2.37. The Morgan fingerprint density at radius 3 is 2.15 bits per heavy atom. The summed E-state index contributed by atoms with van der Waals surface area (Å²) in [6, 6.07) is 0. The van der Waals surface area contributed by atoms with Gasteiger partial charge >= 0.3 is 7.82 Å². The number of carbonyl (C=O) groups excluding carboxylic acids is 1. The lowest BCUT2D eigenvalue weighted by atomic mass is 10.2. The van der Waals surface area contributed by atoms with E-state index in [2.05, 4.69) is 4.52 Å². The van der Waals surface area contributed by atoms with Crippen molar-refractivity contribution in [3.8, 4) is 0 Å². The van der Waals surface area contributed by atoms with Gasteiger partial charge in [0.25, 0.3) is 0 Å². The molecule has 0 spiro atoms. The molecule has 0 aromatic rings. The predicted octanol–water partition coefficient (Wildman–Crippen LogP) is -0.911. The third kappa shape index (κ3) is 19.8. The van der Waals surface area contributed by atoms with Crippen molar-refractivity contribution < 1.29 is 38.4 Å². The third-order valence-electron chi connectivity index (χ3n) is 2.12. The molecule has 0 aliphatic heterocycles. The molecule has 0 amide bonds. The van der Waals surface area contributed by atoms with Crippen LogP contribution in [0.1, 0.15) is 26.2 Å². The number of unbranched alkanes of at least 4 members (excludes halogenated alkanes) is 1. The zero-order chi connectivity index (χ0) is 16.4. The molecule has 0 aromatic carbocycles. The topological polar surface area (TPSA) is 127 Å². The molecular formula is C11H26NO7P. The minimum absolute atomic E-state index is 0.0772. The summed E-state index contributed by atoms with van der Waals surface area (Å²) >= 11 is 0. The standard InChI is InChI=1S/C6H12O3.C5H14NO4P/c1-2-3-4-5(7)6(8)9;1-6(2,3)4-5-10-11(7,8)9/h5,7H,2-4H2,1H3,(H,8,9);4-5H2,1-3H3,(H-,7,8,9). The Morgan fingerprint density at radius 1 is 1.35 bits per heavy atom. The fraction of sp³-hybridized carbons (Fsp3) is 0.909. The second-order valence-corrected chi connectivity index (χ2v) is 6.55. The lowest BCUT2D eigenvalue weighted by Gasteiger charge is -2.23. The van der Waals surface area contributed by atoms with E-state index >= 15 is 0 Å². The molecule has 0 aliphatic carbocycles. The summed E-state index contributed by atoms with van der Waals surface area (Å²) < 4.78 is 15.1. The van der Waals surface area contributed by atoms with E-state index in [4.69, 9.17) is 14.9 Å². The average Bonchev–Trinajstić information content (AvgIpc) is 2.22. The number of carboxylic acid groups (broad SMARTS) is 1. The predicted molar refractivity (Wildman–Crippen MR) is 71.4 cm³/mol. The maximum absolute atomic E-state index is 10.2. The highest BCUT2D eigenvalue weighted by Gasteiger charge is 2.15. The Bertz CT molecular complexity index is 310. The molecule has 0 rings (SSSR count). The van der Waals surface area contributed by atoms with Crippen LogP contribution in [0.2, 0.25) is 0 Å². The monoisotopic (exact) mass is 315 g/mol. The van der Waals surface area contributed by atoms with Crippen molar-refractivity contribution in [3.05, 3.63) is 0 Å². The average molecular weight is 315 g/mol. The van der Waals surface area contributed by atoms with E-state index in [9.17, 15) is 14.5 Å². The summed E-state index contributed by atoms with van der Waals surface area (Å²) in [7, 11) is 1.50. The number of rotatable bonds is 8.